The number of aromatic nitrogens is 4. The Kier molecular flexibility index (Phi) is 3.97. The topological polar surface area (TPSA) is 66.8 Å². The van der Waals surface area contributed by atoms with Gasteiger partial charge in [0.05, 0.1) is 11.8 Å². The molecule has 1 saturated heterocycles. The number of hydrogen-bond donors (Lipinski definition) is 1. The largest absolute Gasteiger partial charge is 0.301 e. The van der Waals surface area contributed by atoms with Gasteiger partial charge in [-0.3, -0.25) is 14.5 Å². The van der Waals surface area contributed by atoms with Crippen LogP contribution < -0.4 is 5.56 Å². The molecule has 1 fully saturated rings. The van der Waals surface area contributed by atoms with Crippen molar-refractivity contribution in [2.75, 3.05) is 19.6 Å². The lowest BCUT2D eigenvalue weighted by molar-refractivity contribution is 0.198. The van der Waals surface area contributed by atoms with Crippen molar-refractivity contribution in [1.82, 2.24) is 24.6 Å². The van der Waals surface area contributed by atoms with E-state index >= 15 is 0 Å². The van der Waals surface area contributed by atoms with E-state index in [0.717, 1.165) is 29.9 Å². The Hall–Kier alpha value is -1.99. The van der Waals surface area contributed by atoms with E-state index in [4.69, 9.17) is 0 Å². The molecule has 120 valence electrons. The molecule has 0 aliphatic carbocycles. The lowest BCUT2D eigenvalue weighted by Gasteiger charge is -2.32. The highest BCUT2D eigenvalue weighted by atomic mass is 32.1. The molecule has 1 aliphatic rings. The van der Waals surface area contributed by atoms with Crippen LogP contribution in [-0.2, 0) is 6.54 Å². The van der Waals surface area contributed by atoms with Crippen LogP contribution in [0.3, 0.4) is 0 Å². The molecule has 3 aromatic heterocycles. The zero-order valence-electron chi connectivity index (χ0n) is 12.8. The monoisotopic (exact) mass is 329 g/mol. The number of hydrogen-bond acceptors (Lipinski definition) is 5. The number of nitrogens with zero attached hydrogens (tertiary/aromatic N) is 4. The molecule has 7 heteroatoms. The molecule has 1 unspecified atom stereocenters. The van der Waals surface area contributed by atoms with Crippen LogP contribution in [0.4, 0.5) is 0 Å². The first-order chi connectivity index (χ1) is 11.3. The molecule has 1 atom stereocenters. The minimum Gasteiger partial charge on any atom is -0.301 e. The molecular weight excluding hydrogens is 310 g/mol. The second-order valence-corrected chi connectivity index (χ2v) is 6.95. The molecular formula is C16H19N5OS. The van der Waals surface area contributed by atoms with Crippen molar-refractivity contribution < 1.29 is 0 Å². The average molecular weight is 329 g/mol. The minimum atomic E-state index is 0.0760. The summed E-state index contributed by atoms with van der Waals surface area (Å²) in [6.07, 6.45) is 5.87. The number of rotatable bonds is 4. The Bertz CT molecular complexity index is 838. The summed E-state index contributed by atoms with van der Waals surface area (Å²) in [5.74, 6) is 0.515. The highest BCUT2D eigenvalue weighted by molar-refractivity contribution is 7.17. The molecule has 0 bridgehead atoms. The fourth-order valence-electron chi connectivity index (χ4n) is 3.29. The maximum absolute atomic E-state index is 12.4. The number of piperidine rings is 1. The lowest BCUT2D eigenvalue weighted by atomic mass is 9.95. The van der Waals surface area contributed by atoms with Crippen molar-refractivity contribution >= 4 is 21.6 Å². The van der Waals surface area contributed by atoms with Gasteiger partial charge in [0.1, 0.15) is 4.70 Å². The van der Waals surface area contributed by atoms with Gasteiger partial charge >= 0.3 is 0 Å². The predicted molar refractivity (Wildman–Crippen MR) is 90.9 cm³/mol. The molecule has 0 radical (unpaired) electrons. The number of nitrogens with one attached hydrogen (secondary N) is 1. The molecule has 0 aromatic carbocycles. The minimum absolute atomic E-state index is 0.0760. The van der Waals surface area contributed by atoms with Gasteiger partial charge < -0.3 is 4.90 Å². The van der Waals surface area contributed by atoms with Gasteiger partial charge in [0.2, 0.25) is 0 Å². The van der Waals surface area contributed by atoms with Crippen molar-refractivity contribution in [1.29, 1.82) is 0 Å². The third-order valence-corrected chi connectivity index (χ3v) is 5.45. The molecule has 0 amide bonds. The van der Waals surface area contributed by atoms with Crippen molar-refractivity contribution in [2.24, 2.45) is 0 Å². The van der Waals surface area contributed by atoms with Crippen molar-refractivity contribution in [3.8, 4) is 0 Å². The Labute approximate surface area is 137 Å². The maximum atomic E-state index is 12.4. The average Bonchev–Trinajstić information content (AvgIpc) is 3.26. The molecule has 0 saturated carbocycles. The molecule has 1 aliphatic heterocycles. The Morgan fingerprint density at radius 3 is 3.17 bits per heavy atom. The van der Waals surface area contributed by atoms with Gasteiger partial charge in [-0.15, -0.1) is 11.3 Å². The summed E-state index contributed by atoms with van der Waals surface area (Å²) >= 11 is 1.47. The molecule has 4 rings (SSSR count). The SMILES string of the molecule is O=c1c2sccc2ncn1CCN1CCCC(c2ccn[nH]2)C1. The van der Waals surface area contributed by atoms with E-state index in [2.05, 4.69) is 26.1 Å². The van der Waals surface area contributed by atoms with Gasteiger partial charge in [-0.1, -0.05) is 0 Å². The fourth-order valence-corrected chi connectivity index (χ4v) is 4.09. The third-order valence-electron chi connectivity index (χ3n) is 4.56. The van der Waals surface area contributed by atoms with Crippen LogP contribution in [0.5, 0.6) is 0 Å². The first-order valence-electron chi connectivity index (χ1n) is 7.95. The van der Waals surface area contributed by atoms with Crippen molar-refractivity contribution in [2.45, 2.75) is 25.3 Å². The van der Waals surface area contributed by atoms with Gasteiger partial charge in [-0.25, -0.2) is 4.98 Å². The van der Waals surface area contributed by atoms with Crippen LogP contribution in [-0.4, -0.2) is 44.3 Å². The molecule has 1 N–H and O–H groups in total. The Morgan fingerprint density at radius 2 is 2.30 bits per heavy atom. The summed E-state index contributed by atoms with van der Waals surface area (Å²) in [6.45, 7) is 3.68. The second kappa shape index (κ2) is 6.25. The number of fused-ring (bicyclic) bond motifs is 1. The van der Waals surface area contributed by atoms with E-state index in [-0.39, 0.29) is 5.56 Å². The molecule has 23 heavy (non-hydrogen) atoms. The standard InChI is InChI=1S/C16H19N5OS/c22-16-15-14(4-9-23-15)17-11-21(16)8-7-20-6-1-2-12(10-20)13-3-5-18-19-13/h3-5,9,11-12H,1-2,6-8,10H2,(H,18,19). The smallest absolute Gasteiger partial charge is 0.271 e. The van der Waals surface area contributed by atoms with Gasteiger partial charge in [-0.05, 0) is 36.9 Å². The highest BCUT2D eigenvalue weighted by Gasteiger charge is 2.22. The van der Waals surface area contributed by atoms with Gasteiger partial charge in [0.15, 0.2) is 0 Å². The summed E-state index contributed by atoms with van der Waals surface area (Å²) in [6, 6.07) is 3.96. The summed E-state index contributed by atoms with van der Waals surface area (Å²) in [5, 5.41) is 9.06. The molecule has 4 heterocycles. The summed E-state index contributed by atoms with van der Waals surface area (Å²) in [5.41, 5.74) is 2.09. The quantitative estimate of drug-likeness (QED) is 0.796. The van der Waals surface area contributed by atoms with Crippen molar-refractivity contribution in [3.05, 3.63) is 46.1 Å². The molecule has 0 spiro atoms. The number of H-pyrrole nitrogens is 1. The maximum Gasteiger partial charge on any atom is 0.271 e. The van der Waals surface area contributed by atoms with Crippen molar-refractivity contribution in [3.63, 3.8) is 0 Å². The van der Waals surface area contributed by atoms with Crippen LogP contribution >= 0.6 is 11.3 Å². The predicted octanol–water partition coefficient (Wildman–Crippen LogP) is 2.06. The third kappa shape index (κ3) is 2.94. The zero-order valence-corrected chi connectivity index (χ0v) is 13.6. The van der Waals surface area contributed by atoms with Crippen LogP contribution in [0, 0.1) is 0 Å². The highest BCUT2D eigenvalue weighted by Crippen LogP contribution is 2.25. The number of aromatic amines is 1. The van der Waals surface area contributed by atoms with E-state index in [1.165, 1.54) is 29.9 Å². The van der Waals surface area contributed by atoms with Crippen LogP contribution in [0.2, 0.25) is 0 Å². The molecule has 6 nitrogen and oxygen atoms in total. The van der Waals surface area contributed by atoms with Crippen LogP contribution in [0.15, 0.2) is 34.8 Å². The van der Waals surface area contributed by atoms with Gasteiger partial charge in [-0.2, -0.15) is 5.10 Å². The normalized spacial score (nSPS) is 19.4. The van der Waals surface area contributed by atoms with Crippen LogP contribution in [0.25, 0.3) is 10.2 Å². The second-order valence-electron chi connectivity index (χ2n) is 6.03. The number of thiophene rings is 1. The zero-order chi connectivity index (χ0) is 15.6. The molecule has 3 aromatic rings. The van der Waals surface area contributed by atoms with E-state index in [1.807, 2.05) is 17.6 Å². The van der Waals surface area contributed by atoms with E-state index in [9.17, 15) is 4.79 Å². The van der Waals surface area contributed by atoms with E-state index in [1.54, 1.807) is 10.9 Å². The van der Waals surface area contributed by atoms with Gasteiger partial charge in [0, 0.05) is 37.4 Å². The summed E-state index contributed by atoms with van der Waals surface area (Å²) < 4.78 is 2.49. The first-order valence-corrected chi connectivity index (χ1v) is 8.83. The Balaban J connectivity index is 1.43. The van der Waals surface area contributed by atoms with E-state index < -0.39 is 0 Å². The van der Waals surface area contributed by atoms with Gasteiger partial charge in [0.25, 0.3) is 5.56 Å². The summed E-state index contributed by atoms with van der Waals surface area (Å²) in [7, 11) is 0. The first kappa shape index (κ1) is 14.6. The Morgan fingerprint density at radius 1 is 1.35 bits per heavy atom. The lowest BCUT2D eigenvalue weighted by Crippen LogP contribution is -2.38. The number of likely N-dealkylation sites (tertiary alicyclic amines) is 1. The summed E-state index contributed by atoms with van der Waals surface area (Å²) in [4.78, 5) is 19.2. The van der Waals surface area contributed by atoms with E-state index in [0.29, 0.717) is 12.5 Å². The fraction of sp³-hybridized carbons (Fsp3) is 0.438. The van der Waals surface area contributed by atoms with Crippen LogP contribution in [0.1, 0.15) is 24.5 Å².